The summed E-state index contributed by atoms with van der Waals surface area (Å²) in [6.45, 7) is 4.23. The SMILES string of the molecule is CCC(CC)c1nnc(NC(=O)C(CCSC)NC(=O)c2ccccc2)s1. The van der Waals surface area contributed by atoms with Gasteiger partial charge in [-0.15, -0.1) is 10.2 Å². The summed E-state index contributed by atoms with van der Waals surface area (Å²) in [5.74, 6) is 0.605. The molecule has 0 aliphatic rings. The molecule has 2 aromatic rings. The van der Waals surface area contributed by atoms with Crippen molar-refractivity contribution in [1.29, 1.82) is 0 Å². The number of carbonyl (C=O) groups is 2. The third-order valence-electron chi connectivity index (χ3n) is 4.27. The van der Waals surface area contributed by atoms with E-state index in [2.05, 4.69) is 34.7 Å². The van der Waals surface area contributed by atoms with Gasteiger partial charge >= 0.3 is 0 Å². The molecule has 0 aliphatic carbocycles. The van der Waals surface area contributed by atoms with Gasteiger partial charge in [-0.05, 0) is 43.4 Å². The number of thioether (sulfide) groups is 1. The fourth-order valence-electron chi connectivity index (χ4n) is 2.62. The van der Waals surface area contributed by atoms with E-state index < -0.39 is 6.04 Å². The van der Waals surface area contributed by atoms with Crippen molar-refractivity contribution in [3.8, 4) is 0 Å². The molecule has 0 saturated heterocycles. The Balaban J connectivity index is 2.04. The van der Waals surface area contributed by atoms with Gasteiger partial charge in [-0.25, -0.2) is 0 Å². The second-order valence-corrected chi connectivity index (χ2v) is 8.12. The average Bonchev–Trinajstić information content (AvgIpc) is 3.14. The predicted octanol–water partition coefficient (Wildman–Crippen LogP) is 3.93. The summed E-state index contributed by atoms with van der Waals surface area (Å²) in [6.07, 6.45) is 4.50. The normalized spacial score (nSPS) is 12.0. The molecule has 0 aliphatic heterocycles. The van der Waals surface area contributed by atoms with Crippen LogP contribution < -0.4 is 10.6 Å². The van der Waals surface area contributed by atoms with E-state index in [1.165, 1.54) is 11.3 Å². The maximum absolute atomic E-state index is 12.7. The number of nitrogens with one attached hydrogen (secondary N) is 2. The summed E-state index contributed by atoms with van der Waals surface area (Å²) in [4.78, 5) is 25.1. The second-order valence-electron chi connectivity index (χ2n) is 6.12. The molecule has 1 unspecified atom stereocenters. The van der Waals surface area contributed by atoms with Crippen molar-refractivity contribution in [2.75, 3.05) is 17.3 Å². The second kappa shape index (κ2) is 11.0. The van der Waals surface area contributed by atoms with Gasteiger partial charge in [0.05, 0.1) is 0 Å². The highest BCUT2D eigenvalue weighted by Gasteiger charge is 2.23. The number of amides is 2. The minimum Gasteiger partial charge on any atom is -0.340 e. The van der Waals surface area contributed by atoms with Gasteiger partial charge in [-0.3, -0.25) is 14.9 Å². The number of benzene rings is 1. The Morgan fingerprint density at radius 3 is 2.48 bits per heavy atom. The van der Waals surface area contributed by atoms with Crippen LogP contribution in [0.2, 0.25) is 0 Å². The molecule has 2 N–H and O–H groups in total. The Morgan fingerprint density at radius 2 is 1.85 bits per heavy atom. The minimum absolute atomic E-state index is 0.258. The van der Waals surface area contributed by atoms with Gasteiger partial charge in [-0.2, -0.15) is 11.8 Å². The molecule has 1 aromatic heterocycles. The molecule has 1 aromatic carbocycles. The fraction of sp³-hybridized carbons (Fsp3) is 0.474. The molecular weight excluding hydrogens is 380 g/mol. The molecule has 6 nitrogen and oxygen atoms in total. The van der Waals surface area contributed by atoms with Crippen molar-refractivity contribution >= 4 is 40.0 Å². The third-order valence-corrected chi connectivity index (χ3v) is 5.92. The molecule has 0 fully saturated rings. The van der Waals surface area contributed by atoms with Gasteiger partial charge in [0.1, 0.15) is 11.0 Å². The van der Waals surface area contributed by atoms with E-state index in [9.17, 15) is 9.59 Å². The summed E-state index contributed by atoms with van der Waals surface area (Å²) in [5.41, 5.74) is 0.534. The zero-order valence-electron chi connectivity index (χ0n) is 15.9. The van der Waals surface area contributed by atoms with E-state index in [4.69, 9.17) is 0 Å². The smallest absolute Gasteiger partial charge is 0.251 e. The number of anilines is 1. The zero-order valence-corrected chi connectivity index (χ0v) is 17.5. The molecule has 0 saturated carbocycles. The number of carbonyl (C=O) groups excluding carboxylic acids is 2. The lowest BCUT2D eigenvalue weighted by molar-refractivity contribution is -0.118. The molecule has 0 bridgehead atoms. The molecule has 146 valence electrons. The highest BCUT2D eigenvalue weighted by atomic mass is 32.2. The third kappa shape index (κ3) is 6.32. The number of hydrogen-bond acceptors (Lipinski definition) is 6. The summed E-state index contributed by atoms with van der Waals surface area (Å²) in [5, 5.41) is 15.4. The molecule has 27 heavy (non-hydrogen) atoms. The summed E-state index contributed by atoms with van der Waals surface area (Å²) < 4.78 is 0. The van der Waals surface area contributed by atoms with Gasteiger partial charge in [0, 0.05) is 11.5 Å². The van der Waals surface area contributed by atoms with E-state index in [1.54, 1.807) is 36.0 Å². The van der Waals surface area contributed by atoms with Crippen molar-refractivity contribution in [3.05, 3.63) is 40.9 Å². The van der Waals surface area contributed by atoms with Gasteiger partial charge < -0.3 is 5.32 Å². The molecule has 0 spiro atoms. The Morgan fingerprint density at radius 1 is 1.15 bits per heavy atom. The van der Waals surface area contributed by atoms with Gasteiger partial charge in [0.15, 0.2) is 0 Å². The quantitative estimate of drug-likeness (QED) is 0.624. The lowest BCUT2D eigenvalue weighted by Gasteiger charge is -2.17. The van der Waals surface area contributed by atoms with Crippen molar-refractivity contribution in [3.63, 3.8) is 0 Å². The average molecular weight is 407 g/mol. The van der Waals surface area contributed by atoms with Crippen LogP contribution in [0.1, 0.15) is 54.4 Å². The molecule has 2 amide bonds. The molecular formula is C19H26N4O2S2. The van der Waals surface area contributed by atoms with Crippen molar-refractivity contribution in [2.24, 2.45) is 0 Å². The summed E-state index contributed by atoms with van der Waals surface area (Å²) >= 11 is 3.04. The van der Waals surface area contributed by atoms with Crippen LogP contribution in [-0.2, 0) is 4.79 Å². The Hall–Kier alpha value is -1.93. The first kappa shape index (κ1) is 21.4. The highest BCUT2D eigenvalue weighted by molar-refractivity contribution is 7.98. The van der Waals surface area contributed by atoms with Crippen LogP contribution in [0.25, 0.3) is 0 Å². The summed E-state index contributed by atoms with van der Waals surface area (Å²) in [6, 6.07) is 8.28. The first-order valence-corrected chi connectivity index (χ1v) is 11.3. The Bertz CT molecular complexity index is 732. The van der Waals surface area contributed by atoms with E-state index in [0.29, 0.717) is 23.0 Å². The topological polar surface area (TPSA) is 84.0 Å². The number of rotatable bonds is 10. The van der Waals surface area contributed by atoms with E-state index >= 15 is 0 Å². The number of aromatic nitrogens is 2. The van der Waals surface area contributed by atoms with Crippen LogP contribution in [0.3, 0.4) is 0 Å². The molecule has 1 heterocycles. The molecule has 1 atom stereocenters. The first-order valence-electron chi connectivity index (χ1n) is 9.08. The van der Waals surface area contributed by atoms with Crippen LogP contribution in [-0.4, -0.2) is 40.1 Å². The summed E-state index contributed by atoms with van der Waals surface area (Å²) in [7, 11) is 0. The van der Waals surface area contributed by atoms with Crippen LogP contribution >= 0.6 is 23.1 Å². The maximum Gasteiger partial charge on any atom is 0.251 e. The van der Waals surface area contributed by atoms with Gasteiger partial charge in [0.25, 0.3) is 5.91 Å². The van der Waals surface area contributed by atoms with Crippen molar-refractivity contribution < 1.29 is 9.59 Å². The highest BCUT2D eigenvalue weighted by Crippen LogP contribution is 2.28. The fourth-order valence-corrected chi connectivity index (χ4v) is 4.10. The molecule has 8 heteroatoms. The van der Waals surface area contributed by atoms with Crippen LogP contribution in [0, 0.1) is 0 Å². The molecule has 0 radical (unpaired) electrons. The van der Waals surface area contributed by atoms with E-state index in [1.807, 2.05) is 12.3 Å². The first-order chi connectivity index (χ1) is 13.1. The lowest BCUT2D eigenvalue weighted by atomic mass is 10.1. The standard InChI is InChI=1S/C19H26N4O2S2/c1-4-13(5-2)18-22-23-19(27-18)21-17(25)15(11-12-26-3)20-16(24)14-9-7-6-8-10-14/h6-10,13,15H,4-5,11-12H2,1-3H3,(H,20,24)(H,21,23,25). The lowest BCUT2D eigenvalue weighted by Crippen LogP contribution is -2.44. The maximum atomic E-state index is 12.7. The largest absolute Gasteiger partial charge is 0.340 e. The number of nitrogens with zero attached hydrogens (tertiary/aromatic N) is 2. The van der Waals surface area contributed by atoms with E-state index in [-0.39, 0.29) is 11.8 Å². The molecule has 2 rings (SSSR count). The Labute approximate surface area is 168 Å². The number of hydrogen-bond donors (Lipinski definition) is 2. The van der Waals surface area contributed by atoms with E-state index in [0.717, 1.165) is 23.6 Å². The van der Waals surface area contributed by atoms with Crippen LogP contribution in [0.15, 0.2) is 30.3 Å². The van der Waals surface area contributed by atoms with Crippen LogP contribution in [0.5, 0.6) is 0 Å². The zero-order chi connectivity index (χ0) is 19.6. The van der Waals surface area contributed by atoms with Gasteiger partial charge in [0.2, 0.25) is 11.0 Å². The predicted molar refractivity (Wildman–Crippen MR) is 113 cm³/mol. The minimum atomic E-state index is -0.620. The Kier molecular flexibility index (Phi) is 8.74. The van der Waals surface area contributed by atoms with Crippen molar-refractivity contribution in [1.82, 2.24) is 15.5 Å². The van der Waals surface area contributed by atoms with Crippen LogP contribution in [0.4, 0.5) is 5.13 Å². The van der Waals surface area contributed by atoms with Gasteiger partial charge in [-0.1, -0.05) is 43.4 Å². The van der Waals surface area contributed by atoms with Crippen molar-refractivity contribution in [2.45, 2.75) is 45.1 Å². The monoisotopic (exact) mass is 406 g/mol.